The van der Waals surface area contributed by atoms with Crippen LogP contribution in [0.5, 0.6) is 0 Å². The van der Waals surface area contributed by atoms with Crippen LogP contribution in [0.15, 0.2) is 0 Å². The van der Waals surface area contributed by atoms with Gasteiger partial charge in [-0.15, -0.1) is 0 Å². The molecule has 1 aliphatic rings. The van der Waals surface area contributed by atoms with Crippen LogP contribution < -0.4 is 10.6 Å². The number of rotatable bonds is 4. The fourth-order valence-corrected chi connectivity index (χ4v) is 1.88. The predicted octanol–water partition coefficient (Wildman–Crippen LogP) is -0.229. The number of amides is 3. The minimum atomic E-state index is -1.26. The van der Waals surface area contributed by atoms with E-state index in [1.54, 1.807) is 13.8 Å². The molecule has 7 nitrogen and oxygen atoms in total. The van der Waals surface area contributed by atoms with E-state index in [-0.39, 0.29) is 12.5 Å². The maximum absolute atomic E-state index is 12.0. The molecule has 18 heavy (non-hydrogen) atoms. The minimum Gasteiger partial charge on any atom is -0.480 e. The number of carbonyl (C=O) groups is 3. The quantitative estimate of drug-likeness (QED) is 0.648. The van der Waals surface area contributed by atoms with Gasteiger partial charge >= 0.3 is 12.0 Å². The summed E-state index contributed by atoms with van der Waals surface area (Å²) in [6.07, 6.45) is 0.592. The Morgan fingerprint density at radius 2 is 2.06 bits per heavy atom. The molecule has 3 N–H and O–H groups in total. The van der Waals surface area contributed by atoms with Gasteiger partial charge in [0.1, 0.15) is 12.1 Å². The second kappa shape index (κ2) is 5.70. The zero-order valence-corrected chi connectivity index (χ0v) is 10.7. The standard InChI is InChI=1S/C11H19N3O4/c1-3-11(4-2,9(16)17)13-10(18)14-6-5-12-8(15)7-14/h3-7H2,1-2H3,(H,12,15)(H,13,18)(H,16,17). The second-order valence-corrected chi connectivity index (χ2v) is 4.30. The Balaban J connectivity index is 2.72. The van der Waals surface area contributed by atoms with E-state index >= 15 is 0 Å². The number of piperazine rings is 1. The van der Waals surface area contributed by atoms with Crippen molar-refractivity contribution < 1.29 is 19.5 Å². The molecule has 0 aromatic carbocycles. The number of carboxylic acids is 1. The first-order chi connectivity index (χ1) is 8.45. The van der Waals surface area contributed by atoms with Crippen LogP contribution in [0.25, 0.3) is 0 Å². The summed E-state index contributed by atoms with van der Waals surface area (Å²) < 4.78 is 0. The Morgan fingerprint density at radius 3 is 2.50 bits per heavy atom. The summed E-state index contributed by atoms with van der Waals surface area (Å²) >= 11 is 0. The molecule has 0 aromatic rings. The van der Waals surface area contributed by atoms with Crippen molar-refractivity contribution in [3.63, 3.8) is 0 Å². The van der Waals surface area contributed by atoms with E-state index in [0.717, 1.165) is 0 Å². The molecule has 0 bridgehead atoms. The number of aliphatic carboxylic acids is 1. The molecule has 0 unspecified atom stereocenters. The van der Waals surface area contributed by atoms with Crippen molar-refractivity contribution in [3.8, 4) is 0 Å². The lowest BCUT2D eigenvalue weighted by Crippen LogP contribution is -2.60. The van der Waals surface area contributed by atoms with Crippen LogP contribution in [0, 0.1) is 0 Å². The number of urea groups is 1. The van der Waals surface area contributed by atoms with Crippen molar-refractivity contribution in [2.24, 2.45) is 0 Å². The Morgan fingerprint density at radius 1 is 1.44 bits per heavy atom. The molecule has 0 saturated carbocycles. The van der Waals surface area contributed by atoms with E-state index in [2.05, 4.69) is 10.6 Å². The van der Waals surface area contributed by atoms with Gasteiger partial charge in [0.05, 0.1) is 0 Å². The van der Waals surface area contributed by atoms with Crippen LogP contribution in [0.2, 0.25) is 0 Å². The Labute approximate surface area is 106 Å². The highest BCUT2D eigenvalue weighted by Crippen LogP contribution is 2.16. The van der Waals surface area contributed by atoms with Crippen molar-refractivity contribution in [2.45, 2.75) is 32.2 Å². The van der Waals surface area contributed by atoms with Crippen molar-refractivity contribution >= 4 is 17.9 Å². The van der Waals surface area contributed by atoms with Gasteiger partial charge in [-0.25, -0.2) is 9.59 Å². The van der Waals surface area contributed by atoms with Crippen LogP contribution in [-0.2, 0) is 9.59 Å². The lowest BCUT2D eigenvalue weighted by Gasteiger charge is -2.33. The molecule has 1 saturated heterocycles. The molecule has 0 aliphatic carbocycles. The first-order valence-electron chi connectivity index (χ1n) is 6.02. The maximum Gasteiger partial charge on any atom is 0.329 e. The predicted molar refractivity (Wildman–Crippen MR) is 64.1 cm³/mol. The summed E-state index contributed by atoms with van der Waals surface area (Å²) in [4.78, 5) is 35.7. The van der Waals surface area contributed by atoms with Gasteiger partial charge in [0.25, 0.3) is 0 Å². The summed E-state index contributed by atoms with van der Waals surface area (Å²) in [7, 11) is 0. The molecule has 1 fully saturated rings. The normalized spacial score (nSPS) is 16.1. The van der Waals surface area contributed by atoms with E-state index in [9.17, 15) is 19.5 Å². The molecule has 0 spiro atoms. The third-order valence-electron chi connectivity index (χ3n) is 3.29. The first-order valence-corrected chi connectivity index (χ1v) is 6.02. The zero-order valence-electron chi connectivity index (χ0n) is 10.7. The molecule has 0 atom stereocenters. The van der Waals surface area contributed by atoms with Gasteiger partial charge in [0, 0.05) is 13.1 Å². The van der Waals surface area contributed by atoms with Crippen LogP contribution in [0.3, 0.4) is 0 Å². The average molecular weight is 257 g/mol. The molecule has 1 aliphatic heterocycles. The van der Waals surface area contributed by atoms with Crippen molar-refractivity contribution in [3.05, 3.63) is 0 Å². The highest BCUT2D eigenvalue weighted by Gasteiger charge is 2.38. The third-order valence-corrected chi connectivity index (χ3v) is 3.29. The third kappa shape index (κ3) is 2.91. The summed E-state index contributed by atoms with van der Waals surface area (Å²) in [5.41, 5.74) is -1.26. The molecule has 0 radical (unpaired) electrons. The topological polar surface area (TPSA) is 98.7 Å². The number of hydrogen-bond acceptors (Lipinski definition) is 3. The molecule has 102 valence electrons. The number of nitrogens with one attached hydrogen (secondary N) is 2. The Kier molecular flexibility index (Phi) is 4.52. The smallest absolute Gasteiger partial charge is 0.329 e. The number of hydrogen-bond donors (Lipinski definition) is 3. The number of nitrogens with zero attached hydrogens (tertiary/aromatic N) is 1. The molecule has 1 rings (SSSR count). The van der Waals surface area contributed by atoms with Gasteiger partial charge in [0.2, 0.25) is 5.91 Å². The van der Waals surface area contributed by atoms with Crippen molar-refractivity contribution in [1.29, 1.82) is 0 Å². The van der Waals surface area contributed by atoms with Gasteiger partial charge in [-0.3, -0.25) is 4.79 Å². The fraction of sp³-hybridized carbons (Fsp3) is 0.727. The van der Waals surface area contributed by atoms with Crippen molar-refractivity contribution in [2.75, 3.05) is 19.6 Å². The highest BCUT2D eigenvalue weighted by atomic mass is 16.4. The lowest BCUT2D eigenvalue weighted by atomic mass is 9.93. The molecule has 0 aromatic heterocycles. The van der Waals surface area contributed by atoms with Crippen LogP contribution >= 0.6 is 0 Å². The minimum absolute atomic E-state index is 0.0328. The van der Waals surface area contributed by atoms with Crippen molar-refractivity contribution in [1.82, 2.24) is 15.5 Å². The zero-order chi connectivity index (χ0) is 13.8. The van der Waals surface area contributed by atoms with Crippen LogP contribution in [-0.4, -0.2) is 53.1 Å². The number of carbonyl (C=O) groups excluding carboxylic acids is 2. The van der Waals surface area contributed by atoms with Gasteiger partial charge in [-0.05, 0) is 12.8 Å². The summed E-state index contributed by atoms with van der Waals surface area (Å²) in [6, 6.07) is -0.504. The van der Waals surface area contributed by atoms with E-state index in [1.165, 1.54) is 4.90 Å². The maximum atomic E-state index is 12.0. The summed E-state index contributed by atoms with van der Waals surface area (Å²) in [6.45, 7) is 4.17. The highest BCUT2D eigenvalue weighted by molar-refractivity contribution is 5.89. The molecular weight excluding hydrogens is 238 g/mol. The van der Waals surface area contributed by atoms with E-state index in [4.69, 9.17) is 0 Å². The number of carboxylic acid groups (broad SMARTS) is 1. The van der Waals surface area contributed by atoms with E-state index in [1.807, 2.05) is 0 Å². The second-order valence-electron chi connectivity index (χ2n) is 4.30. The first kappa shape index (κ1) is 14.3. The van der Waals surface area contributed by atoms with Crippen LogP contribution in [0.1, 0.15) is 26.7 Å². The van der Waals surface area contributed by atoms with Gasteiger partial charge < -0.3 is 20.6 Å². The SMILES string of the molecule is CCC(CC)(NC(=O)N1CCNC(=O)C1)C(=O)O. The average Bonchev–Trinajstić information content (AvgIpc) is 2.35. The molecule has 1 heterocycles. The van der Waals surface area contributed by atoms with Gasteiger partial charge in [0.15, 0.2) is 0 Å². The van der Waals surface area contributed by atoms with Gasteiger partial charge in [-0.1, -0.05) is 13.8 Å². The van der Waals surface area contributed by atoms with E-state index in [0.29, 0.717) is 25.9 Å². The van der Waals surface area contributed by atoms with Gasteiger partial charge in [-0.2, -0.15) is 0 Å². The Hall–Kier alpha value is -1.79. The summed E-state index contributed by atoms with van der Waals surface area (Å²) in [5.74, 6) is -1.28. The molecular formula is C11H19N3O4. The largest absolute Gasteiger partial charge is 0.480 e. The summed E-state index contributed by atoms with van der Waals surface area (Å²) in [5, 5.41) is 14.3. The monoisotopic (exact) mass is 257 g/mol. The Bertz CT molecular complexity index is 352. The molecule has 3 amide bonds. The fourth-order valence-electron chi connectivity index (χ4n) is 1.88. The lowest BCUT2D eigenvalue weighted by molar-refractivity contribution is -0.144. The molecule has 7 heteroatoms. The van der Waals surface area contributed by atoms with Crippen LogP contribution in [0.4, 0.5) is 4.79 Å². The van der Waals surface area contributed by atoms with E-state index < -0.39 is 17.5 Å².